The van der Waals surface area contributed by atoms with Crippen molar-refractivity contribution in [2.45, 2.75) is 19.3 Å². The summed E-state index contributed by atoms with van der Waals surface area (Å²) in [5.74, 6) is 0. The van der Waals surface area contributed by atoms with E-state index in [0.717, 1.165) is 0 Å². The molecule has 0 N–H and O–H groups in total. The highest BCUT2D eigenvalue weighted by molar-refractivity contribution is 6.08. The minimum atomic E-state index is -0.0689. The summed E-state index contributed by atoms with van der Waals surface area (Å²) in [4.78, 5) is 0. The van der Waals surface area contributed by atoms with Crippen molar-refractivity contribution in [3.05, 3.63) is 145 Å². The van der Waals surface area contributed by atoms with Crippen molar-refractivity contribution < 1.29 is 0 Å². The first-order valence-electron chi connectivity index (χ1n) is 13.8. The Hall–Kier alpha value is -4.68. The quantitative estimate of drug-likeness (QED) is 0.209. The van der Waals surface area contributed by atoms with Crippen molar-refractivity contribution in [3.8, 4) is 33.4 Å². The van der Waals surface area contributed by atoms with Crippen LogP contribution in [0.2, 0.25) is 0 Å². The van der Waals surface area contributed by atoms with Gasteiger partial charge in [-0.3, -0.25) is 0 Å². The second kappa shape index (κ2) is 8.16. The number of hydrogen-bond acceptors (Lipinski definition) is 0. The van der Waals surface area contributed by atoms with Crippen LogP contribution in [0.3, 0.4) is 0 Å². The third kappa shape index (κ3) is 3.38. The second-order valence-corrected chi connectivity index (χ2v) is 11.4. The van der Waals surface area contributed by atoms with Crippen molar-refractivity contribution >= 4 is 32.3 Å². The van der Waals surface area contributed by atoms with Crippen molar-refractivity contribution in [2.75, 3.05) is 0 Å². The first-order chi connectivity index (χ1) is 19.1. The SMILES string of the molecule is CC1(C)c2cc(-c3ccc4ccccc4c3)ccc2-c2ccc(-c3ccc4c(ccc5ccccc54)c3)cc21. The molecule has 0 radical (unpaired) electrons. The van der Waals surface area contributed by atoms with Crippen LogP contribution in [0.4, 0.5) is 0 Å². The lowest BCUT2D eigenvalue weighted by Gasteiger charge is -2.23. The van der Waals surface area contributed by atoms with Gasteiger partial charge in [0.25, 0.3) is 0 Å². The standard InChI is InChI=1S/C39H28/c1-39(2)37-23-30(28-13-11-25-7-3-4-9-27(25)21-28)16-19-35(37)36-20-17-31(24-38(36)39)29-15-18-34-32(22-29)14-12-26-8-5-6-10-33(26)34/h3-24H,1-2H3. The summed E-state index contributed by atoms with van der Waals surface area (Å²) >= 11 is 0. The first-order valence-corrected chi connectivity index (χ1v) is 13.8. The largest absolute Gasteiger partial charge is 0.0616 e. The maximum Gasteiger partial charge on any atom is 0.0159 e. The van der Waals surface area contributed by atoms with E-state index in [9.17, 15) is 0 Å². The Balaban J connectivity index is 1.21. The van der Waals surface area contributed by atoms with Gasteiger partial charge in [0.05, 0.1) is 0 Å². The van der Waals surface area contributed by atoms with Gasteiger partial charge in [-0.2, -0.15) is 0 Å². The maximum absolute atomic E-state index is 2.42. The van der Waals surface area contributed by atoms with Crippen LogP contribution < -0.4 is 0 Å². The summed E-state index contributed by atoms with van der Waals surface area (Å²) in [6.07, 6.45) is 0. The van der Waals surface area contributed by atoms with Crippen molar-refractivity contribution in [3.63, 3.8) is 0 Å². The molecule has 184 valence electrons. The molecule has 0 heterocycles. The molecule has 7 aromatic carbocycles. The molecule has 1 aliphatic rings. The van der Waals surface area contributed by atoms with Crippen LogP contribution >= 0.6 is 0 Å². The summed E-state index contributed by atoms with van der Waals surface area (Å²) < 4.78 is 0. The van der Waals surface area contributed by atoms with Gasteiger partial charge in [0.2, 0.25) is 0 Å². The monoisotopic (exact) mass is 496 g/mol. The van der Waals surface area contributed by atoms with Gasteiger partial charge in [-0.25, -0.2) is 0 Å². The highest BCUT2D eigenvalue weighted by atomic mass is 14.4. The average molecular weight is 497 g/mol. The zero-order valence-corrected chi connectivity index (χ0v) is 22.2. The lowest BCUT2D eigenvalue weighted by molar-refractivity contribution is 0.661. The number of fused-ring (bicyclic) bond motifs is 7. The predicted molar refractivity (Wildman–Crippen MR) is 167 cm³/mol. The fourth-order valence-electron chi connectivity index (χ4n) is 6.66. The minimum Gasteiger partial charge on any atom is -0.0616 e. The Morgan fingerprint density at radius 2 is 0.821 bits per heavy atom. The van der Waals surface area contributed by atoms with Crippen LogP contribution in [0.5, 0.6) is 0 Å². The third-order valence-electron chi connectivity index (χ3n) is 8.84. The van der Waals surface area contributed by atoms with Gasteiger partial charge < -0.3 is 0 Å². The van der Waals surface area contributed by atoms with E-state index in [0.29, 0.717) is 0 Å². The van der Waals surface area contributed by atoms with Gasteiger partial charge >= 0.3 is 0 Å². The van der Waals surface area contributed by atoms with Gasteiger partial charge in [-0.15, -0.1) is 0 Å². The molecule has 0 amide bonds. The van der Waals surface area contributed by atoms with Crippen LogP contribution in [0.25, 0.3) is 65.7 Å². The van der Waals surface area contributed by atoms with Crippen LogP contribution in [0.1, 0.15) is 25.0 Å². The van der Waals surface area contributed by atoms with Gasteiger partial charge in [0.15, 0.2) is 0 Å². The molecule has 0 aliphatic heterocycles. The number of benzene rings is 7. The molecular formula is C39H28. The molecule has 0 saturated carbocycles. The van der Waals surface area contributed by atoms with E-state index in [1.165, 1.54) is 76.8 Å². The molecule has 0 heteroatoms. The van der Waals surface area contributed by atoms with Crippen LogP contribution in [0, 0.1) is 0 Å². The Labute approximate surface area is 229 Å². The Morgan fingerprint density at radius 1 is 0.359 bits per heavy atom. The molecule has 0 aromatic heterocycles. The zero-order valence-electron chi connectivity index (χ0n) is 22.2. The molecule has 0 spiro atoms. The second-order valence-electron chi connectivity index (χ2n) is 11.4. The predicted octanol–water partition coefficient (Wildman–Crippen LogP) is 10.8. The highest BCUT2D eigenvalue weighted by Crippen LogP contribution is 2.50. The van der Waals surface area contributed by atoms with E-state index in [-0.39, 0.29) is 5.41 Å². The van der Waals surface area contributed by atoms with Crippen LogP contribution in [-0.2, 0) is 5.41 Å². The molecule has 0 atom stereocenters. The summed E-state index contributed by atoms with van der Waals surface area (Å²) in [5, 5.41) is 7.77. The zero-order chi connectivity index (χ0) is 26.1. The average Bonchev–Trinajstić information content (AvgIpc) is 3.22. The third-order valence-corrected chi connectivity index (χ3v) is 8.84. The molecule has 0 saturated heterocycles. The lowest BCUT2D eigenvalue weighted by Crippen LogP contribution is -2.15. The molecule has 0 unspecified atom stereocenters. The van der Waals surface area contributed by atoms with E-state index < -0.39 is 0 Å². The molecule has 8 rings (SSSR count). The fourth-order valence-corrected chi connectivity index (χ4v) is 6.66. The molecular weight excluding hydrogens is 468 g/mol. The molecule has 0 fully saturated rings. The van der Waals surface area contributed by atoms with E-state index in [4.69, 9.17) is 0 Å². The molecule has 1 aliphatic carbocycles. The topological polar surface area (TPSA) is 0 Å². The molecule has 0 bridgehead atoms. The Kier molecular flexibility index (Phi) is 4.67. The van der Waals surface area contributed by atoms with Gasteiger partial charge in [-0.05, 0) is 101 Å². The summed E-state index contributed by atoms with van der Waals surface area (Å²) in [6.45, 7) is 4.75. The van der Waals surface area contributed by atoms with Gasteiger partial charge in [0, 0.05) is 5.41 Å². The van der Waals surface area contributed by atoms with E-state index in [1.807, 2.05) is 0 Å². The molecule has 39 heavy (non-hydrogen) atoms. The maximum atomic E-state index is 2.42. The van der Waals surface area contributed by atoms with Crippen LogP contribution in [0.15, 0.2) is 133 Å². The van der Waals surface area contributed by atoms with Gasteiger partial charge in [-0.1, -0.05) is 123 Å². The van der Waals surface area contributed by atoms with Gasteiger partial charge in [0.1, 0.15) is 0 Å². The van der Waals surface area contributed by atoms with Crippen molar-refractivity contribution in [1.82, 2.24) is 0 Å². The highest BCUT2D eigenvalue weighted by Gasteiger charge is 2.35. The summed E-state index contributed by atoms with van der Waals surface area (Å²) in [7, 11) is 0. The van der Waals surface area contributed by atoms with E-state index >= 15 is 0 Å². The van der Waals surface area contributed by atoms with Crippen LogP contribution in [-0.4, -0.2) is 0 Å². The summed E-state index contributed by atoms with van der Waals surface area (Å²) in [6, 6.07) is 49.5. The Morgan fingerprint density at radius 3 is 1.54 bits per heavy atom. The molecule has 0 nitrogen and oxygen atoms in total. The fraction of sp³-hybridized carbons (Fsp3) is 0.0769. The molecule has 7 aromatic rings. The Bertz CT molecular complexity index is 2090. The number of rotatable bonds is 2. The van der Waals surface area contributed by atoms with Crippen molar-refractivity contribution in [2.24, 2.45) is 0 Å². The minimum absolute atomic E-state index is 0.0689. The van der Waals surface area contributed by atoms with E-state index in [2.05, 4.69) is 147 Å². The first kappa shape index (κ1) is 22.3. The van der Waals surface area contributed by atoms with Crippen molar-refractivity contribution in [1.29, 1.82) is 0 Å². The normalized spacial score (nSPS) is 13.6. The smallest absolute Gasteiger partial charge is 0.0159 e. The number of hydrogen-bond donors (Lipinski definition) is 0. The summed E-state index contributed by atoms with van der Waals surface area (Å²) in [5.41, 5.74) is 10.6. The van der Waals surface area contributed by atoms with E-state index in [1.54, 1.807) is 0 Å². The lowest BCUT2D eigenvalue weighted by atomic mass is 9.80.